The third-order valence-electron chi connectivity index (χ3n) is 5.56. The SMILES string of the molecule is Cn1ccc(NC(=O)CN2CCC(CNC(=O)c3ccc4c(c3)CCO4)CC2)n1. The lowest BCUT2D eigenvalue weighted by atomic mass is 9.96. The van der Waals surface area contributed by atoms with Crippen LogP contribution in [0.1, 0.15) is 28.8 Å². The Morgan fingerprint density at radius 1 is 1.24 bits per heavy atom. The van der Waals surface area contributed by atoms with Crippen molar-refractivity contribution in [1.29, 1.82) is 0 Å². The topological polar surface area (TPSA) is 88.5 Å². The Morgan fingerprint density at radius 2 is 2.07 bits per heavy atom. The van der Waals surface area contributed by atoms with E-state index in [1.54, 1.807) is 16.9 Å². The van der Waals surface area contributed by atoms with Crippen LogP contribution in [-0.2, 0) is 18.3 Å². The molecule has 0 unspecified atom stereocenters. The van der Waals surface area contributed by atoms with E-state index in [1.807, 2.05) is 25.2 Å². The molecule has 154 valence electrons. The molecular formula is C21H27N5O3. The molecule has 8 nitrogen and oxygen atoms in total. The van der Waals surface area contributed by atoms with Crippen molar-refractivity contribution in [3.05, 3.63) is 41.6 Å². The van der Waals surface area contributed by atoms with Crippen molar-refractivity contribution < 1.29 is 14.3 Å². The predicted molar refractivity (Wildman–Crippen MR) is 109 cm³/mol. The highest BCUT2D eigenvalue weighted by atomic mass is 16.5. The second-order valence-electron chi connectivity index (χ2n) is 7.77. The van der Waals surface area contributed by atoms with E-state index in [1.165, 1.54) is 0 Å². The van der Waals surface area contributed by atoms with E-state index in [9.17, 15) is 9.59 Å². The van der Waals surface area contributed by atoms with Gasteiger partial charge in [-0.2, -0.15) is 5.10 Å². The fourth-order valence-corrected chi connectivity index (χ4v) is 3.88. The summed E-state index contributed by atoms with van der Waals surface area (Å²) in [7, 11) is 1.82. The number of anilines is 1. The van der Waals surface area contributed by atoms with E-state index >= 15 is 0 Å². The highest BCUT2D eigenvalue weighted by molar-refractivity contribution is 5.94. The molecule has 2 amide bonds. The molecule has 0 radical (unpaired) electrons. The van der Waals surface area contributed by atoms with Crippen LogP contribution in [0.4, 0.5) is 5.82 Å². The van der Waals surface area contributed by atoms with Crippen molar-refractivity contribution in [2.24, 2.45) is 13.0 Å². The number of ether oxygens (including phenoxy) is 1. The highest BCUT2D eigenvalue weighted by Crippen LogP contribution is 2.26. The molecule has 1 aromatic carbocycles. The first-order valence-corrected chi connectivity index (χ1v) is 10.1. The van der Waals surface area contributed by atoms with Crippen molar-refractivity contribution in [1.82, 2.24) is 20.0 Å². The summed E-state index contributed by atoms with van der Waals surface area (Å²) in [5.41, 5.74) is 1.80. The zero-order valence-corrected chi connectivity index (χ0v) is 16.7. The summed E-state index contributed by atoms with van der Waals surface area (Å²) in [4.78, 5) is 26.8. The molecule has 2 aliphatic rings. The Labute approximate surface area is 170 Å². The zero-order valence-electron chi connectivity index (χ0n) is 16.7. The molecule has 1 saturated heterocycles. The van der Waals surface area contributed by atoms with E-state index in [4.69, 9.17) is 4.74 Å². The van der Waals surface area contributed by atoms with Gasteiger partial charge in [-0.3, -0.25) is 19.2 Å². The van der Waals surface area contributed by atoms with E-state index in [-0.39, 0.29) is 11.8 Å². The Bertz CT molecular complexity index is 886. The number of piperidine rings is 1. The van der Waals surface area contributed by atoms with E-state index in [0.717, 1.165) is 43.7 Å². The van der Waals surface area contributed by atoms with Crippen LogP contribution in [0.2, 0.25) is 0 Å². The van der Waals surface area contributed by atoms with Crippen LogP contribution in [0.15, 0.2) is 30.5 Å². The molecule has 1 fully saturated rings. The Kier molecular flexibility index (Phi) is 5.80. The van der Waals surface area contributed by atoms with Gasteiger partial charge in [0, 0.05) is 37.8 Å². The lowest BCUT2D eigenvalue weighted by molar-refractivity contribution is -0.117. The van der Waals surface area contributed by atoms with Gasteiger partial charge in [0.15, 0.2) is 5.82 Å². The van der Waals surface area contributed by atoms with Crippen LogP contribution >= 0.6 is 0 Å². The number of amides is 2. The second kappa shape index (κ2) is 8.65. The first-order chi connectivity index (χ1) is 14.1. The average molecular weight is 397 g/mol. The van der Waals surface area contributed by atoms with Gasteiger partial charge in [0.05, 0.1) is 13.2 Å². The molecule has 0 spiro atoms. The lowest BCUT2D eigenvalue weighted by Gasteiger charge is -2.31. The zero-order chi connectivity index (χ0) is 20.2. The van der Waals surface area contributed by atoms with Crippen molar-refractivity contribution in [3.8, 4) is 5.75 Å². The van der Waals surface area contributed by atoms with Crippen molar-refractivity contribution in [2.75, 3.05) is 38.1 Å². The first kappa shape index (κ1) is 19.4. The van der Waals surface area contributed by atoms with Gasteiger partial charge >= 0.3 is 0 Å². The minimum Gasteiger partial charge on any atom is -0.493 e. The number of aromatic nitrogens is 2. The predicted octanol–water partition coefficient (Wildman–Crippen LogP) is 1.44. The minimum atomic E-state index is -0.0453. The summed E-state index contributed by atoms with van der Waals surface area (Å²) < 4.78 is 7.15. The molecule has 4 rings (SSSR count). The van der Waals surface area contributed by atoms with Crippen LogP contribution in [0.25, 0.3) is 0 Å². The molecule has 0 atom stereocenters. The fraction of sp³-hybridized carbons (Fsp3) is 0.476. The molecule has 0 saturated carbocycles. The maximum Gasteiger partial charge on any atom is 0.251 e. The number of fused-ring (bicyclic) bond motifs is 1. The first-order valence-electron chi connectivity index (χ1n) is 10.1. The number of hydrogen-bond donors (Lipinski definition) is 2. The number of carbonyl (C=O) groups excluding carboxylic acids is 2. The highest BCUT2D eigenvalue weighted by Gasteiger charge is 2.22. The van der Waals surface area contributed by atoms with E-state index in [0.29, 0.717) is 37.0 Å². The molecule has 29 heavy (non-hydrogen) atoms. The van der Waals surface area contributed by atoms with Crippen LogP contribution in [0.5, 0.6) is 5.75 Å². The molecule has 2 aromatic rings. The normalized spacial score (nSPS) is 16.9. The Morgan fingerprint density at radius 3 is 2.83 bits per heavy atom. The third kappa shape index (κ3) is 4.95. The summed E-state index contributed by atoms with van der Waals surface area (Å²) in [5, 5.41) is 10.0. The number of hydrogen-bond acceptors (Lipinski definition) is 5. The van der Waals surface area contributed by atoms with Gasteiger partial charge in [0.2, 0.25) is 5.91 Å². The smallest absolute Gasteiger partial charge is 0.251 e. The fourth-order valence-electron chi connectivity index (χ4n) is 3.88. The Balaban J connectivity index is 1.18. The number of nitrogens with one attached hydrogen (secondary N) is 2. The summed E-state index contributed by atoms with van der Waals surface area (Å²) in [6, 6.07) is 7.41. The van der Waals surface area contributed by atoms with Gasteiger partial charge in [0.1, 0.15) is 5.75 Å². The summed E-state index contributed by atoms with van der Waals surface area (Å²) in [6.45, 7) is 3.44. The van der Waals surface area contributed by atoms with E-state index in [2.05, 4.69) is 20.6 Å². The minimum absolute atomic E-state index is 0.0307. The molecule has 8 heteroatoms. The van der Waals surface area contributed by atoms with Crippen LogP contribution in [-0.4, -0.2) is 59.3 Å². The summed E-state index contributed by atoms with van der Waals surface area (Å²) in [5.74, 6) is 1.83. The number of nitrogens with zero attached hydrogens (tertiary/aromatic N) is 3. The van der Waals surface area contributed by atoms with Crippen molar-refractivity contribution >= 4 is 17.6 Å². The summed E-state index contributed by atoms with van der Waals surface area (Å²) in [6.07, 6.45) is 4.60. The molecule has 3 heterocycles. The van der Waals surface area contributed by atoms with E-state index < -0.39 is 0 Å². The maximum absolute atomic E-state index is 12.4. The van der Waals surface area contributed by atoms with Gasteiger partial charge in [-0.15, -0.1) is 0 Å². The Hall–Kier alpha value is -2.87. The second-order valence-corrected chi connectivity index (χ2v) is 7.77. The average Bonchev–Trinajstić information content (AvgIpc) is 3.35. The standard InChI is InChI=1S/C21H27N5O3/c1-25-8-6-19(24-25)23-20(27)14-26-9-4-15(5-10-26)13-22-21(28)17-2-3-18-16(12-17)7-11-29-18/h2-3,6,8,12,15H,4-5,7,9-11,13-14H2,1H3,(H,22,28)(H,23,24,27). The van der Waals surface area contributed by atoms with Gasteiger partial charge < -0.3 is 15.4 Å². The van der Waals surface area contributed by atoms with Gasteiger partial charge in [-0.05, 0) is 55.6 Å². The number of benzene rings is 1. The molecule has 2 N–H and O–H groups in total. The van der Waals surface area contributed by atoms with Crippen molar-refractivity contribution in [3.63, 3.8) is 0 Å². The lowest BCUT2D eigenvalue weighted by Crippen LogP contribution is -2.41. The maximum atomic E-state index is 12.4. The monoisotopic (exact) mass is 397 g/mol. The molecule has 0 bridgehead atoms. The number of likely N-dealkylation sites (tertiary alicyclic amines) is 1. The summed E-state index contributed by atoms with van der Waals surface area (Å²) >= 11 is 0. The van der Waals surface area contributed by atoms with Crippen molar-refractivity contribution in [2.45, 2.75) is 19.3 Å². The molecule has 1 aromatic heterocycles. The van der Waals surface area contributed by atoms with Crippen LogP contribution in [0, 0.1) is 5.92 Å². The molecule has 2 aliphatic heterocycles. The largest absolute Gasteiger partial charge is 0.493 e. The quantitative estimate of drug-likeness (QED) is 0.770. The number of carbonyl (C=O) groups is 2. The van der Waals surface area contributed by atoms with Crippen LogP contribution < -0.4 is 15.4 Å². The van der Waals surface area contributed by atoms with Gasteiger partial charge in [-0.1, -0.05) is 0 Å². The van der Waals surface area contributed by atoms with Crippen LogP contribution in [0.3, 0.4) is 0 Å². The molecular weight excluding hydrogens is 370 g/mol. The molecule has 0 aliphatic carbocycles. The van der Waals surface area contributed by atoms with Gasteiger partial charge in [0.25, 0.3) is 5.91 Å². The number of aryl methyl sites for hydroxylation is 1. The van der Waals surface area contributed by atoms with Gasteiger partial charge in [-0.25, -0.2) is 0 Å². The number of rotatable bonds is 6. The third-order valence-corrected chi connectivity index (χ3v) is 5.56.